The van der Waals surface area contributed by atoms with Crippen molar-refractivity contribution in [1.29, 1.82) is 0 Å². The summed E-state index contributed by atoms with van der Waals surface area (Å²) in [7, 11) is 1.89. The number of nitrogens with two attached hydrogens (primary N) is 1. The summed E-state index contributed by atoms with van der Waals surface area (Å²) in [5, 5.41) is 2.84. The molecule has 0 heterocycles. The van der Waals surface area contributed by atoms with Crippen LogP contribution < -0.4 is 16.0 Å². The average molecular weight is 221 g/mol. The molecule has 1 aromatic rings. The van der Waals surface area contributed by atoms with Gasteiger partial charge in [-0.1, -0.05) is 6.92 Å². The zero-order valence-corrected chi connectivity index (χ0v) is 9.86. The number of benzene rings is 1. The van der Waals surface area contributed by atoms with Gasteiger partial charge in [0.1, 0.15) is 0 Å². The zero-order valence-electron chi connectivity index (χ0n) is 9.86. The summed E-state index contributed by atoms with van der Waals surface area (Å²) >= 11 is 0. The van der Waals surface area contributed by atoms with Crippen LogP contribution in [0.1, 0.15) is 13.3 Å². The fourth-order valence-electron chi connectivity index (χ4n) is 1.36. The van der Waals surface area contributed by atoms with Gasteiger partial charge in [-0.25, -0.2) is 0 Å². The number of amides is 1. The van der Waals surface area contributed by atoms with Crippen LogP contribution in [-0.2, 0) is 4.79 Å². The van der Waals surface area contributed by atoms with Crippen LogP contribution in [0.2, 0.25) is 0 Å². The molecule has 0 fully saturated rings. The molecule has 0 aliphatic heterocycles. The van der Waals surface area contributed by atoms with Crippen molar-refractivity contribution in [3.8, 4) is 0 Å². The molecule has 0 saturated heterocycles. The summed E-state index contributed by atoms with van der Waals surface area (Å²) < 4.78 is 0. The van der Waals surface area contributed by atoms with Crippen molar-refractivity contribution in [1.82, 2.24) is 5.32 Å². The van der Waals surface area contributed by atoms with Gasteiger partial charge in [0.15, 0.2) is 0 Å². The van der Waals surface area contributed by atoms with Gasteiger partial charge in [0.2, 0.25) is 5.91 Å². The molecule has 1 amide bonds. The number of nitrogen functional groups attached to an aromatic ring is 1. The Balaban J connectivity index is 2.48. The zero-order chi connectivity index (χ0) is 12.0. The molecule has 1 rings (SSSR count). The molecule has 88 valence electrons. The van der Waals surface area contributed by atoms with E-state index in [-0.39, 0.29) is 5.91 Å². The maximum atomic E-state index is 11.5. The van der Waals surface area contributed by atoms with E-state index in [9.17, 15) is 4.79 Å². The second-order valence-corrected chi connectivity index (χ2v) is 3.80. The molecule has 0 aliphatic rings. The highest BCUT2D eigenvalue weighted by molar-refractivity contribution is 5.81. The number of nitrogens with one attached hydrogen (secondary N) is 1. The highest BCUT2D eigenvalue weighted by atomic mass is 16.2. The molecule has 0 bridgehead atoms. The van der Waals surface area contributed by atoms with E-state index in [0.717, 1.165) is 24.3 Å². The molecule has 1 aromatic carbocycles. The number of rotatable bonds is 5. The molecule has 0 aliphatic carbocycles. The normalized spacial score (nSPS) is 9.88. The standard InChI is InChI=1S/C12H19N3O/c1-3-8-14-12(16)9-15(2)11-6-4-10(13)5-7-11/h4-7H,3,8-9,13H2,1-2H3,(H,14,16). The number of hydrogen-bond donors (Lipinski definition) is 2. The lowest BCUT2D eigenvalue weighted by molar-refractivity contribution is -0.119. The third kappa shape index (κ3) is 3.81. The molecule has 0 spiro atoms. The third-order valence-corrected chi connectivity index (χ3v) is 2.29. The molecule has 0 unspecified atom stereocenters. The van der Waals surface area contributed by atoms with Crippen LogP contribution in [0.25, 0.3) is 0 Å². The molecule has 0 radical (unpaired) electrons. The highest BCUT2D eigenvalue weighted by Crippen LogP contribution is 2.14. The van der Waals surface area contributed by atoms with Crippen molar-refractivity contribution in [2.24, 2.45) is 0 Å². The van der Waals surface area contributed by atoms with Crippen molar-refractivity contribution in [2.75, 3.05) is 30.8 Å². The third-order valence-electron chi connectivity index (χ3n) is 2.29. The van der Waals surface area contributed by atoms with Crippen LogP contribution in [0.4, 0.5) is 11.4 Å². The molecule has 4 nitrogen and oxygen atoms in total. The Morgan fingerprint density at radius 3 is 2.56 bits per heavy atom. The van der Waals surface area contributed by atoms with Crippen molar-refractivity contribution in [3.05, 3.63) is 24.3 Å². The van der Waals surface area contributed by atoms with E-state index >= 15 is 0 Å². The first kappa shape index (κ1) is 12.4. The van der Waals surface area contributed by atoms with E-state index in [1.165, 1.54) is 0 Å². The van der Waals surface area contributed by atoms with Crippen LogP contribution in [0.5, 0.6) is 0 Å². The monoisotopic (exact) mass is 221 g/mol. The van der Waals surface area contributed by atoms with Gasteiger partial charge in [-0.2, -0.15) is 0 Å². The van der Waals surface area contributed by atoms with E-state index in [1.807, 2.05) is 43.1 Å². The van der Waals surface area contributed by atoms with E-state index in [0.29, 0.717) is 6.54 Å². The van der Waals surface area contributed by atoms with Gasteiger partial charge in [0.05, 0.1) is 6.54 Å². The number of carbonyl (C=O) groups is 1. The summed E-state index contributed by atoms with van der Waals surface area (Å²) in [6.07, 6.45) is 0.956. The van der Waals surface area contributed by atoms with Crippen LogP contribution >= 0.6 is 0 Å². The minimum absolute atomic E-state index is 0.0428. The summed E-state index contributed by atoms with van der Waals surface area (Å²) in [6.45, 7) is 3.13. The van der Waals surface area contributed by atoms with Crippen LogP contribution in [0.3, 0.4) is 0 Å². The fraction of sp³-hybridized carbons (Fsp3) is 0.417. The number of anilines is 2. The van der Waals surface area contributed by atoms with Crippen molar-refractivity contribution in [2.45, 2.75) is 13.3 Å². The molecule has 3 N–H and O–H groups in total. The lowest BCUT2D eigenvalue weighted by Gasteiger charge is -2.18. The first-order valence-corrected chi connectivity index (χ1v) is 5.47. The first-order chi connectivity index (χ1) is 7.63. The second kappa shape index (κ2) is 6.00. The Kier molecular flexibility index (Phi) is 4.64. The Hall–Kier alpha value is -1.71. The summed E-state index contributed by atoms with van der Waals surface area (Å²) in [5.74, 6) is 0.0428. The average Bonchev–Trinajstić information content (AvgIpc) is 2.27. The number of hydrogen-bond acceptors (Lipinski definition) is 3. The largest absolute Gasteiger partial charge is 0.399 e. The Bertz CT molecular complexity index is 335. The number of likely N-dealkylation sites (N-methyl/N-ethyl adjacent to an activating group) is 1. The van der Waals surface area contributed by atoms with Crippen LogP contribution in [0.15, 0.2) is 24.3 Å². The lowest BCUT2D eigenvalue weighted by atomic mass is 10.2. The maximum Gasteiger partial charge on any atom is 0.239 e. The predicted octanol–water partition coefficient (Wildman–Crippen LogP) is 1.23. The van der Waals surface area contributed by atoms with E-state index < -0.39 is 0 Å². The van der Waals surface area contributed by atoms with Gasteiger partial charge >= 0.3 is 0 Å². The van der Waals surface area contributed by atoms with Gasteiger partial charge in [0.25, 0.3) is 0 Å². The minimum Gasteiger partial charge on any atom is -0.399 e. The van der Waals surface area contributed by atoms with Crippen LogP contribution in [-0.4, -0.2) is 26.0 Å². The minimum atomic E-state index is 0.0428. The summed E-state index contributed by atoms with van der Waals surface area (Å²) in [5.41, 5.74) is 7.31. The Morgan fingerprint density at radius 1 is 1.38 bits per heavy atom. The number of nitrogens with zero attached hydrogens (tertiary/aromatic N) is 1. The maximum absolute atomic E-state index is 11.5. The quantitative estimate of drug-likeness (QED) is 0.735. The van der Waals surface area contributed by atoms with Gasteiger partial charge in [0, 0.05) is 25.0 Å². The van der Waals surface area contributed by atoms with Gasteiger partial charge in [-0.15, -0.1) is 0 Å². The SMILES string of the molecule is CCCNC(=O)CN(C)c1ccc(N)cc1. The molecule has 16 heavy (non-hydrogen) atoms. The topological polar surface area (TPSA) is 58.4 Å². The van der Waals surface area contributed by atoms with Crippen molar-refractivity contribution in [3.63, 3.8) is 0 Å². The van der Waals surface area contributed by atoms with Gasteiger partial charge in [-0.05, 0) is 30.7 Å². The number of carbonyl (C=O) groups excluding carboxylic acids is 1. The van der Waals surface area contributed by atoms with E-state index in [1.54, 1.807) is 0 Å². The highest BCUT2D eigenvalue weighted by Gasteiger charge is 2.06. The molecular formula is C12H19N3O. The van der Waals surface area contributed by atoms with Crippen molar-refractivity contribution >= 4 is 17.3 Å². The van der Waals surface area contributed by atoms with Crippen molar-refractivity contribution < 1.29 is 4.79 Å². The predicted molar refractivity (Wildman–Crippen MR) is 67.4 cm³/mol. The molecule has 0 aromatic heterocycles. The van der Waals surface area contributed by atoms with E-state index in [2.05, 4.69) is 5.32 Å². The second-order valence-electron chi connectivity index (χ2n) is 3.80. The first-order valence-electron chi connectivity index (χ1n) is 5.47. The summed E-state index contributed by atoms with van der Waals surface area (Å²) in [6, 6.07) is 7.47. The lowest BCUT2D eigenvalue weighted by Crippen LogP contribution is -2.35. The Morgan fingerprint density at radius 2 is 2.00 bits per heavy atom. The van der Waals surface area contributed by atoms with Crippen LogP contribution in [0, 0.1) is 0 Å². The molecular weight excluding hydrogens is 202 g/mol. The van der Waals surface area contributed by atoms with E-state index in [4.69, 9.17) is 5.73 Å². The molecule has 0 saturated carbocycles. The fourth-order valence-corrected chi connectivity index (χ4v) is 1.36. The van der Waals surface area contributed by atoms with Gasteiger partial charge < -0.3 is 16.0 Å². The van der Waals surface area contributed by atoms with Gasteiger partial charge in [-0.3, -0.25) is 4.79 Å². The smallest absolute Gasteiger partial charge is 0.239 e. The molecule has 4 heteroatoms. The molecule has 0 atom stereocenters. The summed E-state index contributed by atoms with van der Waals surface area (Å²) in [4.78, 5) is 13.4. The Labute approximate surface area is 96.4 Å².